The highest BCUT2D eigenvalue weighted by molar-refractivity contribution is 5.83. The molecule has 0 spiro atoms. The van der Waals surface area contributed by atoms with Crippen molar-refractivity contribution >= 4 is 16.8 Å². The predicted octanol–water partition coefficient (Wildman–Crippen LogP) is 2.73. The van der Waals surface area contributed by atoms with Crippen LogP contribution in [-0.4, -0.2) is 27.4 Å². The number of aromatic nitrogens is 3. The molecule has 0 radical (unpaired) electrons. The van der Waals surface area contributed by atoms with Gasteiger partial charge in [0.2, 0.25) is 5.91 Å². The number of nitrogens with zero attached hydrogens (tertiary/aromatic N) is 3. The Hall–Kier alpha value is -3.09. The smallest absolute Gasteiger partial charge is 0.276 e. The second kappa shape index (κ2) is 7.14. The summed E-state index contributed by atoms with van der Waals surface area (Å²) in [5.41, 5.74) is 2.52. The third kappa shape index (κ3) is 3.40. The minimum absolute atomic E-state index is 0.108. The van der Waals surface area contributed by atoms with Crippen molar-refractivity contribution in [1.82, 2.24) is 19.7 Å². The van der Waals surface area contributed by atoms with Crippen LogP contribution < -0.4 is 15.6 Å². The molecule has 1 aromatic carbocycles. The first-order chi connectivity index (χ1) is 13.5. The highest BCUT2D eigenvalue weighted by atomic mass is 16.5. The van der Waals surface area contributed by atoms with Crippen molar-refractivity contribution in [1.29, 1.82) is 0 Å². The molecule has 0 aliphatic heterocycles. The van der Waals surface area contributed by atoms with Crippen LogP contribution in [0, 0.1) is 6.92 Å². The third-order valence-electron chi connectivity index (χ3n) is 5.26. The molecule has 1 aliphatic rings. The van der Waals surface area contributed by atoms with Crippen molar-refractivity contribution in [3.63, 3.8) is 0 Å². The number of rotatable bonds is 6. The summed E-state index contributed by atoms with van der Waals surface area (Å²) in [4.78, 5) is 25.3. The molecule has 2 heterocycles. The zero-order valence-electron chi connectivity index (χ0n) is 16.3. The minimum atomic E-state index is -0.253. The highest BCUT2D eigenvalue weighted by Crippen LogP contribution is 2.37. The van der Waals surface area contributed by atoms with E-state index in [0.717, 1.165) is 35.2 Å². The van der Waals surface area contributed by atoms with Crippen LogP contribution in [0.15, 0.2) is 41.5 Å². The Kier molecular flexibility index (Phi) is 4.66. The largest absolute Gasteiger partial charge is 0.497 e. The quantitative estimate of drug-likeness (QED) is 0.713. The summed E-state index contributed by atoms with van der Waals surface area (Å²) in [7, 11) is 1.61. The van der Waals surface area contributed by atoms with E-state index >= 15 is 0 Å². The number of benzene rings is 1. The predicted molar refractivity (Wildman–Crippen MR) is 107 cm³/mol. The fraction of sp³-hybridized carbons (Fsp3) is 0.381. The number of methoxy groups -OCH3 is 1. The van der Waals surface area contributed by atoms with Crippen molar-refractivity contribution in [3.8, 4) is 5.75 Å². The molecule has 1 N–H and O–H groups in total. The first-order valence-electron chi connectivity index (χ1n) is 9.48. The van der Waals surface area contributed by atoms with Crippen LogP contribution in [0.2, 0.25) is 0 Å². The average Bonchev–Trinajstić information content (AvgIpc) is 3.47. The van der Waals surface area contributed by atoms with Gasteiger partial charge in [-0.15, -0.1) is 0 Å². The Balaban J connectivity index is 1.51. The lowest BCUT2D eigenvalue weighted by Gasteiger charge is -2.15. The summed E-state index contributed by atoms with van der Waals surface area (Å²) in [5.74, 6) is 0.511. The second-order valence-corrected chi connectivity index (χ2v) is 7.38. The van der Waals surface area contributed by atoms with Crippen LogP contribution in [-0.2, 0) is 11.3 Å². The summed E-state index contributed by atoms with van der Waals surface area (Å²) in [6, 6.07) is 7.81. The Bertz CT molecular complexity index is 1080. The molecule has 1 saturated carbocycles. The summed E-state index contributed by atoms with van der Waals surface area (Å²) in [6.07, 6.45) is 5.99. The molecule has 4 rings (SSSR count). The molecule has 0 unspecified atom stereocenters. The number of nitrogens with one attached hydrogen (secondary N) is 1. The molecular formula is C21H24N4O3. The zero-order chi connectivity index (χ0) is 19.8. The van der Waals surface area contributed by atoms with Crippen molar-refractivity contribution in [2.24, 2.45) is 0 Å². The van der Waals surface area contributed by atoms with Gasteiger partial charge in [0, 0.05) is 12.2 Å². The highest BCUT2D eigenvalue weighted by Gasteiger charge is 2.26. The molecule has 146 valence electrons. The van der Waals surface area contributed by atoms with Gasteiger partial charge >= 0.3 is 0 Å². The van der Waals surface area contributed by atoms with Crippen molar-refractivity contribution in [2.45, 2.75) is 45.3 Å². The molecule has 0 saturated heterocycles. The van der Waals surface area contributed by atoms with Crippen LogP contribution in [0.4, 0.5) is 0 Å². The van der Waals surface area contributed by atoms with Gasteiger partial charge in [-0.3, -0.25) is 9.59 Å². The fourth-order valence-electron chi connectivity index (χ4n) is 3.56. The van der Waals surface area contributed by atoms with E-state index in [1.54, 1.807) is 13.3 Å². The standard InChI is InChI=1S/C21H24N4O3/c1-13-11-24(16-6-7-16)18-10-22-25(21(27)20(13)18)12-19(26)23-14(2)15-4-8-17(28-3)9-5-15/h4-5,8-11,14,16H,6-7,12H2,1-3H3,(H,23,26)/t14-/m0/s1. The van der Waals surface area contributed by atoms with Crippen LogP contribution in [0.1, 0.15) is 43.0 Å². The lowest BCUT2D eigenvalue weighted by atomic mass is 10.1. The fourth-order valence-corrected chi connectivity index (χ4v) is 3.56. The summed E-state index contributed by atoms with van der Waals surface area (Å²) < 4.78 is 8.52. The first kappa shape index (κ1) is 18.3. The Morgan fingerprint density at radius 2 is 2.04 bits per heavy atom. The van der Waals surface area contributed by atoms with E-state index in [1.807, 2.05) is 44.3 Å². The van der Waals surface area contributed by atoms with E-state index in [9.17, 15) is 9.59 Å². The average molecular weight is 380 g/mol. The molecule has 1 aliphatic carbocycles. The summed E-state index contributed by atoms with van der Waals surface area (Å²) in [6.45, 7) is 3.72. The number of aryl methyl sites for hydroxylation is 1. The van der Waals surface area contributed by atoms with E-state index in [1.165, 1.54) is 4.68 Å². The summed E-state index contributed by atoms with van der Waals surface area (Å²) >= 11 is 0. The van der Waals surface area contributed by atoms with Gasteiger partial charge in [-0.25, -0.2) is 4.68 Å². The van der Waals surface area contributed by atoms with Gasteiger partial charge in [0.1, 0.15) is 12.3 Å². The maximum absolute atomic E-state index is 12.9. The van der Waals surface area contributed by atoms with Crippen molar-refractivity contribution < 1.29 is 9.53 Å². The number of fused-ring (bicyclic) bond motifs is 1. The van der Waals surface area contributed by atoms with E-state index < -0.39 is 0 Å². The molecule has 1 amide bonds. The first-order valence-corrected chi connectivity index (χ1v) is 9.48. The van der Waals surface area contributed by atoms with Gasteiger partial charge < -0.3 is 14.6 Å². The number of amides is 1. The van der Waals surface area contributed by atoms with E-state index in [0.29, 0.717) is 11.4 Å². The topological polar surface area (TPSA) is 78.2 Å². The van der Waals surface area contributed by atoms with E-state index in [2.05, 4.69) is 15.0 Å². The molecule has 7 heteroatoms. The van der Waals surface area contributed by atoms with Gasteiger partial charge in [-0.05, 0) is 49.9 Å². The van der Waals surface area contributed by atoms with Gasteiger partial charge in [-0.2, -0.15) is 5.10 Å². The molecule has 1 atom stereocenters. The van der Waals surface area contributed by atoms with Gasteiger partial charge in [0.05, 0.1) is 30.3 Å². The van der Waals surface area contributed by atoms with Crippen LogP contribution in [0.25, 0.3) is 10.9 Å². The number of hydrogen-bond donors (Lipinski definition) is 1. The lowest BCUT2D eigenvalue weighted by Crippen LogP contribution is -2.35. The van der Waals surface area contributed by atoms with Crippen molar-refractivity contribution in [3.05, 3.63) is 58.1 Å². The molecule has 7 nitrogen and oxygen atoms in total. The second-order valence-electron chi connectivity index (χ2n) is 7.38. The molecule has 28 heavy (non-hydrogen) atoms. The van der Waals surface area contributed by atoms with E-state index in [4.69, 9.17) is 4.74 Å². The third-order valence-corrected chi connectivity index (χ3v) is 5.26. The van der Waals surface area contributed by atoms with Gasteiger partial charge in [0.25, 0.3) is 5.56 Å². The maximum atomic E-state index is 12.9. The summed E-state index contributed by atoms with van der Waals surface area (Å²) in [5, 5.41) is 7.81. The SMILES string of the molecule is COc1ccc([C@H](C)NC(=O)Cn2ncc3c(c(C)cn3C3CC3)c2=O)cc1. The van der Waals surface area contributed by atoms with Gasteiger partial charge in [-0.1, -0.05) is 12.1 Å². The number of carbonyl (C=O) groups excluding carboxylic acids is 1. The van der Waals surface area contributed by atoms with Crippen LogP contribution >= 0.6 is 0 Å². The Morgan fingerprint density at radius 3 is 2.68 bits per heavy atom. The molecule has 3 aromatic rings. The van der Waals surface area contributed by atoms with Crippen molar-refractivity contribution in [2.75, 3.05) is 7.11 Å². The van der Waals surface area contributed by atoms with Crippen LogP contribution in [0.3, 0.4) is 0 Å². The van der Waals surface area contributed by atoms with Gasteiger partial charge in [0.15, 0.2) is 0 Å². The Morgan fingerprint density at radius 1 is 1.32 bits per heavy atom. The normalized spacial score (nSPS) is 14.8. The lowest BCUT2D eigenvalue weighted by molar-refractivity contribution is -0.122. The zero-order valence-corrected chi connectivity index (χ0v) is 16.3. The van der Waals surface area contributed by atoms with E-state index in [-0.39, 0.29) is 24.1 Å². The maximum Gasteiger partial charge on any atom is 0.276 e. The molecule has 1 fully saturated rings. The molecule has 2 aromatic heterocycles. The molecular weight excluding hydrogens is 356 g/mol. The molecule has 0 bridgehead atoms. The minimum Gasteiger partial charge on any atom is -0.497 e. The van der Waals surface area contributed by atoms with Crippen LogP contribution in [0.5, 0.6) is 5.75 Å². The Labute approximate surface area is 162 Å². The number of hydrogen-bond acceptors (Lipinski definition) is 4. The monoisotopic (exact) mass is 380 g/mol. The number of ether oxygens (including phenoxy) is 1. The number of carbonyl (C=O) groups is 1.